The van der Waals surface area contributed by atoms with E-state index in [2.05, 4.69) is 118 Å². The molecule has 0 N–H and O–H groups in total. The summed E-state index contributed by atoms with van der Waals surface area (Å²) in [6.07, 6.45) is 0. The van der Waals surface area contributed by atoms with Gasteiger partial charge in [-0.3, -0.25) is 0 Å². The Kier molecular flexibility index (Phi) is 5.00. The monoisotopic (exact) mass is 558 g/mol. The number of nitrogens with zero attached hydrogens (tertiary/aromatic N) is 4. The van der Waals surface area contributed by atoms with Crippen LogP contribution in [-0.4, -0.2) is 9.13 Å². The Morgan fingerprint density at radius 3 is 1.20 bits per heavy atom. The Labute approximate surface area is 252 Å². The van der Waals surface area contributed by atoms with Crippen LogP contribution in [-0.2, 0) is 0 Å². The molecular weight excluding hydrogens is 536 g/mol. The Hall–Kier alpha value is -6.36. The summed E-state index contributed by atoms with van der Waals surface area (Å²) in [6.45, 7) is 0. The lowest BCUT2D eigenvalue weighted by Crippen LogP contribution is -2.05. The highest BCUT2D eigenvalue weighted by atomic mass is 15.0. The van der Waals surface area contributed by atoms with E-state index in [1.54, 1.807) is 0 Å². The summed E-state index contributed by atoms with van der Waals surface area (Å²) in [5.41, 5.74) is 6.09. The van der Waals surface area contributed by atoms with E-state index in [0.29, 0.717) is 22.5 Å². The number of rotatable bonds is 2. The first-order valence-corrected chi connectivity index (χ1v) is 14.6. The maximum absolute atomic E-state index is 10.7. The molecular formula is C40H22N4. The fourth-order valence-electron chi connectivity index (χ4n) is 7.17. The standard InChI is InChI=1S/C40H22N4/c41-23-31-32(24-42)36(22-21-35(31)43-33-15-7-5-13-29(33)30-14-6-8-16-34(30)43)44-37-19-17-25-9-1-3-11-27(25)39(37)40-28-12-4-2-10-26(28)18-20-38(40)44/h1-22H. The maximum Gasteiger partial charge on any atom is 0.103 e. The quantitative estimate of drug-likeness (QED) is 0.212. The van der Waals surface area contributed by atoms with E-state index < -0.39 is 0 Å². The number of para-hydroxylation sites is 2. The fraction of sp³-hybridized carbons (Fsp3) is 0. The van der Waals surface area contributed by atoms with Crippen LogP contribution in [0.2, 0.25) is 0 Å². The molecule has 0 fully saturated rings. The lowest BCUT2D eigenvalue weighted by Gasteiger charge is -2.16. The highest BCUT2D eigenvalue weighted by molar-refractivity contribution is 6.28. The van der Waals surface area contributed by atoms with E-state index in [1.165, 1.54) is 0 Å². The molecule has 44 heavy (non-hydrogen) atoms. The van der Waals surface area contributed by atoms with Crippen molar-refractivity contribution < 1.29 is 0 Å². The number of hydrogen-bond acceptors (Lipinski definition) is 2. The summed E-state index contributed by atoms with van der Waals surface area (Å²) < 4.78 is 4.28. The van der Waals surface area contributed by atoms with Gasteiger partial charge in [-0.05, 0) is 57.9 Å². The molecule has 7 aromatic carbocycles. The molecule has 4 heteroatoms. The molecule has 9 aromatic rings. The molecule has 2 heterocycles. The van der Waals surface area contributed by atoms with E-state index >= 15 is 0 Å². The van der Waals surface area contributed by atoms with Crippen LogP contribution >= 0.6 is 0 Å². The van der Waals surface area contributed by atoms with Crippen LogP contribution in [0.1, 0.15) is 11.1 Å². The second-order valence-corrected chi connectivity index (χ2v) is 11.1. The molecule has 0 saturated heterocycles. The zero-order chi connectivity index (χ0) is 29.4. The number of nitriles is 2. The van der Waals surface area contributed by atoms with Gasteiger partial charge in [0.05, 0.1) is 44.6 Å². The van der Waals surface area contributed by atoms with Crippen molar-refractivity contribution in [2.75, 3.05) is 0 Å². The molecule has 0 spiro atoms. The molecule has 0 amide bonds. The minimum absolute atomic E-state index is 0.354. The molecule has 0 unspecified atom stereocenters. The number of benzene rings is 7. The molecule has 0 atom stereocenters. The summed E-state index contributed by atoms with van der Waals surface area (Å²) in [7, 11) is 0. The predicted molar refractivity (Wildman–Crippen MR) is 180 cm³/mol. The van der Waals surface area contributed by atoms with E-state index in [9.17, 15) is 10.5 Å². The molecule has 0 radical (unpaired) electrons. The normalized spacial score (nSPS) is 11.6. The molecule has 4 nitrogen and oxygen atoms in total. The molecule has 0 aliphatic heterocycles. The summed E-state index contributed by atoms with van der Waals surface area (Å²) in [5.74, 6) is 0. The number of hydrogen-bond donors (Lipinski definition) is 0. The summed E-state index contributed by atoms with van der Waals surface area (Å²) in [4.78, 5) is 0. The van der Waals surface area contributed by atoms with Gasteiger partial charge >= 0.3 is 0 Å². The third kappa shape index (κ3) is 3.14. The number of fused-ring (bicyclic) bond motifs is 10. The van der Waals surface area contributed by atoms with E-state index in [-0.39, 0.29) is 0 Å². The Morgan fingerprint density at radius 2 is 0.750 bits per heavy atom. The van der Waals surface area contributed by atoms with Crippen LogP contribution in [0.15, 0.2) is 133 Å². The first-order valence-electron chi connectivity index (χ1n) is 14.6. The van der Waals surface area contributed by atoms with Crippen LogP contribution in [0, 0.1) is 22.7 Å². The van der Waals surface area contributed by atoms with Crippen molar-refractivity contribution in [1.29, 1.82) is 10.5 Å². The summed E-state index contributed by atoms with van der Waals surface area (Å²) in [6, 6.07) is 50.7. The Balaban J connectivity index is 1.43. The zero-order valence-electron chi connectivity index (χ0n) is 23.5. The maximum atomic E-state index is 10.7. The van der Waals surface area contributed by atoms with Gasteiger partial charge in [-0.2, -0.15) is 10.5 Å². The van der Waals surface area contributed by atoms with Crippen molar-refractivity contribution in [2.24, 2.45) is 0 Å². The molecule has 0 aliphatic rings. The Morgan fingerprint density at radius 1 is 0.364 bits per heavy atom. The SMILES string of the molecule is N#Cc1c(-n2c3ccccc3c3ccccc32)ccc(-n2c3ccc4ccccc4c3c3c4ccccc4ccc32)c1C#N. The molecule has 0 bridgehead atoms. The highest BCUT2D eigenvalue weighted by Crippen LogP contribution is 2.42. The van der Waals surface area contributed by atoms with Crippen LogP contribution in [0.4, 0.5) is 0 Å². The van der Waals surface area contributed by atoms with Crippen molar-refractivity contribution in [2.45, 2.75) is 0 Å². The summed E-state index contributed by atoms with van der Waals surface area (Å²) >= 11 is 0. The van der Waals surface area contributed by atoms with E-state index in [0.717, 1.165) is 65.2 Å². The van der Waals surface area contributed by atoms with Gasteiger partial charge in [-0.1, -0.05) is 97.1 Å². The lowest BCUT2D eigenvalue weighted by molar-refractivity contribution is 1.12. The second-order valence-electron chi connectivity index (χ2n) is 11.1. The van der Waals surface area contributed by atoms with Crippen LogP contribution < -0.4 is 0 Å². The largest absolute Gasteiger partial charge is 0.308 e. The minimum Gasteiger partial charge on any atom is -0.308 e. The van der Waals surface area contributed by atoms with Crippen molar-refractivity contribution in [1.82, 2.24) is 9.13 Å². The lowest BCUT2D eigenvalue weighted by atomic mass is 10.00. The molecule has 202 valence electrons. The molecule has 0 saturated carbocycles. The fourth-order valence-corrected chi connectivity index (χ4v) is 7.17. The summed E-state index contributed by atoms with van der Waals surface area (Å²) in [5, 5.41) is 30.6. The first kappa shape index (κ1) is 24.3. The van der Waals surface area contributed by atoms with Gasteiger partial charge in [0.15, 0.2) is 0 Å². The average molecular weight is 559 g/mol. The van der Waals surface area contributed by atoms with Gasteiger partial charge < -0.3 is 9.13 Å². The highest BCUT2D eigenvalue weighted by Gasteiger charge is 2.23. The van der Waals surface area contributed by atoms with Crippen LogP contribution in [0.5, 0.6) is 0 Å². The second kappa shape index (κ2) is 9.07. The van der Waals surface area contributed by atoms with Gasteiger partial charge in [0.25, 0.3) is 0 Å². The van der Waals surface area contributed by atoms with Gasteiger partial charge in [0, 0.05) is 21.5 Å². The zero-order valence-corrected chi connectivity index (χ0v) is 23.5. The smallest absolute Gasteiger partial charge is 0.103 e. The van der Waals surface area contributed by atoms with E-state index in [1.807, 2.05) is 36.4 Å². The van der Waals surface area contributed by atoms with Gasteiger partial charge in [-0.25, -0.2) is 0 Å². The van der Waals surface area contributed by atoms with Crippen molar-refractivity contribution >= 4 is 65.2 Å². The van der Waals surface area contributed by atoms with Gasteiger partial charge in [0.1, 0.15) is 12.1 Å². The number of aromatic nitrogens is 2. The predicted octanol–water partition coefficient (Wildman–Crippen LogP) is 9.93. The first-order chi connectivity index (χ1) is 21.8. The van der Waals surface area contributed by atoms with Crippen molar-refractivity contribution in [3.05, 3.63) is 145 Å². The third-order valence-electron chi connectivity index (χ3n) is 8.99. The van der Waals surface area contributed by atoms with Gasteiger partial charge in [-0.15, -0.1) is 0 Å². The topological polar surface area (TPSA) is 57.4 Å². The molecule has 2 aromatic heterocycles. The van der Waals surface area contributed by atoms with Crippen molar-refractivity contribution in [3.8, 4) is 23.5 Å². The van der Waals surface area contributed by atoms with Crippen LogP contribution in [0.25, 0.3) is 76.5 Å². The Bertz CT molecular complexity index is 2600. The average Bonchev–Trinajstić information content (AvgIpc) is 3.61. The molecule has 9 rings (SSSR count). The van der Waals surface area contributed by atoms with Gasteiger partial charge in [0.2, 0.25) is 0 Å². The minimum atomic E-state index is 0.354. The van der Waals surface area contributed by atoms with Crippen molar-refractivity contribution in [3.63, 3.8) is 0 Å². The third-order valence-corrected chi connectivity index (χ3v) is 8.99. The van der Waals surface area contributed by atoms with Crippen LogP contribution in [0.3, 0.4) is 0 Å². The molecule has 0 aliphatic carbocycles. The van der Waals surface area contributed by atoms with E-state index in [4.69, 9.17) is 0 Å².